The number of imide groups is 1. The molecule has 0 saturated carbocycles. The fourth-order valence-electron chi connectivity index (χ4n) is 0.715. The van der Waals surface area contributed by atoms with Gasteiger partial charge in [0.1, 0.15) is 5.88 Å². The zero-order valence-corrected chi connectivity index (χ0v) is 9.10. The van der Waals surface area contributed by atoms with E-state index in [0.717, 1.165) is 0 Å². The highest BCUT2D eigenvalue weighted by atomic mass is 35.5. The summed E-state index contributed by atoms with van der Waals surface area (Å²) in [6.07, 6.45) is 0.0658. The highest BCUT2D eigenvalue weighted by Gasteiger charge is 2.06. The Morgan fingerprint density at radius 2 is 2.00 bits per heavy atom. The lowest BCUT2D eigenvalue weighted by molar-refractivity contribution is -0.142. The van der Waals surface area contributed by atoms with Gasteiger partial charge in [-0.3, -0.25) is 14.9 Å². The number of ether oxygens (including phenoxy) is 1. The molecule has 0 aromatic heterocycles. The van der Waals surface area contributed by atoms with E-state index in [1.807, 2.05) is 5.32 Å². The molecule has 0 aliphatic carbocycles. The number of carbonyl (C=O) groups is 3. The van der Waals surface area contributed by atoms with Gasteiger partial charge in [0.05, 0.1) is 13.0 Å². The minimum Gasteiger partial charge on any atom is -0.466 e. The molecule has 86 valence electrons. The largest absolute Gasteiger partial charge is 0.466 e. The average Bonchev–Trinajstić information content (AvgIpc) is 2.18. The molecule has 0 bridgehead atoms. The number of alkyl halides is 1. The number of carbonyl (C=O) groups excluding carboxylic acids is 3. The summed E-state index contributed by atoms with van der Waals surface area (Å²) in [6, 6.07) is -0.676. The fourth-order valence-corrected chi connectivity index (χ4v) is 0.782. The number of rotatable bonds is 5. The van der Waals surface area contributed by atoms with Crippen LogP contribution in [-0.2, 0) is 14.3 Å². The van der Waals surface area contributed by atoms with Crippen LogP contribution in [0, 0.1) is 0 Å². The zero-order valence-electron chi connectivity index (χ0n) is 8.34. The minimum absolute atomic E-state index is 0.0658. The Morgan fingerprint density at radius 3 is 2.53 bits per heavy atom. The summed E-state index contributed by atoms with van der Waals surface area (Å²) in [6.45, 7) is 2.10. The van der Waals surface area contributed by atoms with Crippen molar-refractivity contribution in [3.63, 3.8) is 0 Å². The molecule has 0 unspecified atom stereocenters. The quantitative estimate of drug-likeness (QED) is 0.520. The van der Waals surface area contributed by atoms with Gasteiger partial charge in [-0.1, -0.05) is 0 Å². The van der Waals surface area contributed by atoms with Crippen LogP contribution in [0.5, 0.6) is 0 Å². The molecule has 0 heterocycles. The molecular weight excluding hydrogens is 224 g/mol. The number of esters is 1. The third kappa shape index (κ3) is 7.75. The predicted molar refractivity (Wildman–Crippen MR) is 53.5 cm³/mol. The molecule has 0 spiro atoms. The van der Waals surface area contributed by atoms with Crippen LogP contribution < -0.4 is 10.6 Å². The Kier molecular flexibility index (Phi) is 7.35. The normalized spacial score (nSPS) is 9.20. The van der Waals surface area contributed by atoms with Crippen molar-refractivity contribution in [3.05, 3.63) is 0 Å². The highest BCUT2D eigenvalue weighted by Crippen LogP contribution is 1.84. The monoisotopic (exact) mass is 236 g/mol. The Hall–Kier alpha value is -1.30. The van der Waals surface area contributed by atoms with E-state index in [1.165, 1.54) is 0 Å². The topological polar surface area (TPSA) is 84.5 Å². The average molecular weight is 237 g/mol. The van der Waals surface area contributed by atoms with Crippen LogP contribution in [0.3, 0.4) is 0 Å². The Labute approximate surface area is 92.3 Å². The lowest BCUT2D eigenvalue weighted by atomic mass is 10.4. The molecule has 0 aromatic rings. The second kappa shape index (κ2) is 8.05. The first-order valence-corrected chi connectivity index (χ1v) is 4.92. The van der Waals surface area contributed by atoms with Crippen molar-refractivity contribution in [2.75, 3.05) is 19.0 Å². The standard InChI is InChI=1S/C8H13ClN2O4/c1-2-15-7(13)3-4-10-8(14)11-6(12)5-9/h2-5H2,1H3,(H2,10,11,12,14). The maximum Gasteiger partial charge on any atom is 0.321 e. The molecule has 0 radical (unpaired) electrons. The van der Waals surface area contributed by atoms with Crippen LogP contribution in [-0.4, -0.2) is 36.9 Å². The molecule has 0 rings (SSSR count). The number of halogens is 1. The van der Waals surface area contributed by atoms with Crippen LogP contribution in [0.15, 0.2) is 0 Å². The smallest absolute Gasteiger partial charge is 0.321 e. The van der Waals surface area contributed by atoms with E-state index in [2.05, 4.69) is 10.1 Å². The van der Waals surface area contributed by atoms with Crippen LogP contribution in [0.4, 0.5) is 4.79 Å². The van der Waals surface area contributed by atoms with Crippen molar-refractivity contribution in [2.45, 2.75) is 13.3 Å². The van der Waals surface area contributed by atoms with Gasteiger partial charge in [0.25, 0.3) is 0 Å². The Balaban J connectivity index is 3.55. The van der Waals surface area contributed by atoms with Crippen LogP contribution >= 0.6 is 11.6 Å². The van der Waals surface area contributed by atoms with E-state index in [9.17, 15) is 14.4 Å². The van der Waals surface area contributed by atoms with Gasteiger partial charge in [0.15, 0.2) is 0 Å². The lowest BCUT2D eigenvalue weighted by Gasteiger charge is -2.04. The number of nitrogens with one attached hydrogen (secondary N) is 2. The van der Waals surface area contributed by atoms with Crippen molar-refractivity contribution >= 4 is 29.5 Å². The number of amides is 3. The summed E-state index contributed by atoms with van der Waals surface area (Å²) in [7, 11) is 0. The van der Waals surface area contributed by atoms with E-state index >= 15 is 0 Å². The molecule has 0 fully saturated rings. The molecule has 0 aliphatic rings. The molecule has 0 aromatic carbocycles. The SMILES string of the molecule is CCOC(=O)CCNC(=O)NC(=O)CCl. The van der Waals surface area contributed by atoms with Gasteiger partial charge in [-0.15, -0.1) is 11.6 Å². The molecule has 7 heteroatoms. The summed E-state index contributed by atoms with van der Waals surface area (Å²) in [5.41, 5.74) is 0. The Bertz CT molecular complexity index is 245. The van der Waals surface area contributed by atoms with E-state index in [-0.39, 0.29) is 18.8 Å². The first kappa shape index (κ1) is 13.7. The minimum atomic E-state index is -0.676. The van der Waals surface area contributed by atoms with Gasteiger partial charge >= 0.3 is 12.0 Å². The summed E-state index contributed by atoms with van der Waals surface area (Å²) in [4.78, 5) is 32.3. The molecular formula is C8H13ClN2O4. The van der Waals surface area contributed by atoms with Crippen molar-refractivity contribution in [2.24, 2.45) is 0 Å². The van der Waals surface area contributed by atoms with E-state index < -0.39 is 17.9 Å². The number of hydrogen-bond acceptors (Lipinski definition) is 4. The van der Waals surface area contributed by atoms with Crippen molar-refractivity contribution < 1.29 is 19.1 Å². The van der Waals surface area contributed by atoms with Crippen LogP contribution in [0.2, 0.25) is 0 Å². The van der Waals surface area contributed by atoms with E-state index in [0.29, 0.717) is 6.61 Å². The van der Waals surface area contributed by atoms with Crippen molar-refractivity contribution in [3.8, 4) is 0 Å². The number of urea groups is 1. The molecule has 15 heavy (non-hydrogen) atoms. The highest BCUT2D eigenvalue weighted by molar-refractivity contribution is 6.28. The summed E-state index contributed by atoms with van der Waals surface area (Å²) >= 11 is 5.16. The molecule has 0 saturated heterocycles. The second-order valence-electron chi connectivity index (χ2n) is 2.49. The zero-order chi connectivity index (χ0) is 11.7. The van der Waals surface area contributed by atoms with Gasteiger partial charge in [0, 0.05) is 6.54 Å². The maximum absolute atomic E-state index is 10.9. The first-order valence-electron chi connectivity index (χ1n) is 4.39. The second-order valence-corrected chi connectivity index (χ2v) is 2.76. The van der Waals surface area contributed by atoms with E-state index in [4.69, 9.17) is 11.6 Å². The van der Waals surface area contributed by atoms with Gasteiger partial charge in [-0.25, -0.2) is 4.79 Å². The molecule has 2 N–H and O–H groups in total. The van der Waals surface area contributed by atoms with Gasteiger partial charge in [0.2, 0.25) is 5.91 Å². The fraction of sp³-hybridized carbons (Fsp3) is 0.625. The molecule has 6 nitrogen and oxygen atoms in total. The van der Waals surface area contributed by atoms with E-state index in [1.54, 1.807) is 6.92 Å². The van der Waals surface area contributed by atoms with Gasteiger partial charge in [-0.2, -0.15) is 0 Å². The lowest BCUT2D eigenvalue weighted by Crippen LogP contribution is -2.40. The molecule has 0 aliphatic heterocycles. The van der Waals surface area contributed by atoms with Gasteiger partial charge < -0.3 is 10.1 Å². The Morgan fingerprint density at radius 1 is 1.33 bits per heavy atom. The number of hydrogen-bond donors (Lipinski definition) is 2. The van der Waals surface area contributed by atoms with Crippen LogP contribution in [0.25, 0.3) is 0 Å². The third-order valence-electron chi connectivity index (χ3n) is 1.29. The summed E-state index contributed by atoms with van der Waals surface area (Å²) in [5, 5.41) is 4.27. The van der Waals surface area contributed by atoms with Crippen molar-refractivity contribution in [1.29, 1.82) is 0 Å². The summed E-state index contributed by atoms with van der Waals surface area (Å²) < 4.78 is 4.63. The molecule has 0 atom stereocenters. The molecule has 3 amide bonds. The predicted octanol–water partition coefficient (Wildman–Crippen LogP) is 0.00420. The van der Waals surface area contributed by atoms with Crippen LogP contribution in [0.1, 0.15) is 13.3 Å². The first-order chi connectivity index (χ1) is 7.10. The van der Waals surface area contributed by atoms with Crippen molar-refractivity contribution in [1.82, 2.24) is 10.6 Å². The summed E-state index contributed by atoms with van der Waals surface area (Å²) in [5.74, 6) is -1.28. The van der Waals surface area contributed by atoms with Gasteiger partial charge in [-0.05, 0) is 6.92 Å². The maximum atomic E-state index is 10.9. The third-order valence-corrected chi connectivity index (χ3v) is 1.54.